The standard InChI is InChI=1S/C16H20O4/c1-3-5-8-19-13-6-7-14-12(9-16(17)18-4-2)11-20-15(14)10-13/h6-7,9-10H,3-5,8,11H2,1-2H3/b12-9+. The molecule has 0 N–H and O–H groups in total. The van der Waals surface area contributed by atoms with Crippen LogP contribution in [0.25, 0.3) is 5.57 Å². The maximum atomic E-state index is 11.5. The summed E-state index contributed by atoms with van der Waals surface area (Å²) < 4.78 is 16.1. The third-order valence-electron chi connectivity index (χ3n) is 3.03. The zero-order chi connectivity index (χ0) is 14.4. The summed E-state index contributed by atoms with van der Waals surface area (Å²) >= 11 is 0. The van der Waals surface area contributed by atoms with E-state index in [1.807, 2.05) is 18.2 Å². The van der Waals surface area contributed by atoms with Crippen molar-refractivity contribution in [3.63, 3.8) is 0 Å². The van der Waals surface area contributed by atoms with Gasteiger partial charge in [-0.2, -0.15) is 0 Å². The Morgan fingerprint density at radius 2 is 2.25 bits per heavy atom. The summed E-state index contributed by atoms with van der Waals surface area (Å²) in [5.41, 5.74) is 1.78. The fourth-order valence-corrected chi connectivity index (χ4v) is 1.99. The molecule has 0 aliphatic carbocycles. The lowest BCUT2D eigenvalue weighted by molar-refractivity contribution is -0.137. The molecule has 0 spiro atoms. The molecule has 0 amide bonds. The van der Waals surface area contributed by atoms with Gasteiger partial charge in [-0.1, -0.05) is 13.3 Å². The monoisotopic (exact) mass is 276 g/mol. The van der Waals surface area contributed by atoms with E-state index in [0.717, 1.165) is 35.5 Å². The molecule has 4 heteroatoms. The molecule has 0 fully saturated rings. The van der Waals surface area contributed by atoms with Crippen molar-refractivity contribution >= 4 is 11.5 Å². The second-order valence-corrected chi connectivity index (χ2v) is 4.57. The molecule has 4 nitrogen and oxygen atoms in total. The highest BCUT2D eigenvalue weighted by Gasteiger charge is 2.19. The fourth-order valence-electron chi connectivity index (χ4n) is 1.99. The quantitative estimate of drug-likeness (QED) is 0.454. The first-order chi connectivity index (χ1) is 9.74. The molecular weight excluding hydrogens is 256 g/mol. The lowest BCUT2D eigenvalue weighted by Gasteiger charge is -2.06. The van der Waals surface area contributed by atoms with E-state index >= 15 is 0 Å². The number of carbonyl (C=O) groups is 1. The maximum absolute atomic E-state index is 11.5. The number of carbonyl (C=O) groups excluding carboxylic acids is 1. The van der Waals surface area contributed by atoms with Crippen LogP contribution >= 0.6 is 0 Å². The number of unbranched alkanes of at least 4 members (excludes halogenated alkanes) is 1. The van der Waals surface area contributed by atoms with E-state index in [9.17, 15) is 4.79 Å². The summed E-state index contributed by atoms with van der Waals surface area (Å²) in [6.07, 6.45) is 3.63. The second kappa shape index (κ2) is 6.98. The van der Waals surface area contributed by atoms with E-state index < -0.39 is 0 Å². The molecule has 2 rings (SSSR count). The van der Waals surface area contributed by atoms with E-state index in [-0.39, 0.29) is 5.97 Å². The zero-order valence-corrected chi connectivity index (χ0v) is 12.0. The first kappa shape index (κ1) is 14.4. The van der Waals surface area contributed by atoms with Crippen molar-refractivity contribution < 1.29 is 19.0 Å². The highest BCUT2D eigenvalue weighted by Crippen LogP contribution is 2.36. The number of esters is 1. The summed E-state index contributed by atoms with van der Waals surface area (Å²) in [5, 5.41) is 0. The van der Waals surface area contributed by atoms with Crippen molar-refractivity contribution in [3.8, 4) is 11.5 Å². The Morgan fingerprint density at radius 3 is 3.00 bits per heavy atom. The van der Waals surface area contributed by atoms with Crippen molar-refractivity contribution in [3.05, 3.63) is 29.8 Å². The van der Waals surface area contributed by atoms with Crippen LogP contribution in [0.5, 0.6) is 11.5 Å². The molecule has 108 valence electrons. The molecule has 1 aromatic carbocycles. The van der Waals surface area contributed by atoms with Gasteiger partial charge in [0, 0.05) is 23.3 Å². The van der Waals surface area contributed by atoms with Crippen molar-refractivity contribution in [2.24, 2.45) is 0 Å². The largest absolute Gasteiger partial charge is 0.493 e. The lowest BCUT2D eigenvalue weighted by atomic mass is 10.1. The first-order valence-corrected chi connectivity index (χ1v) is 7.02. The molecular formula is C16H20O4. The van der Waals surface area contributed by atoms with E-state index in [0.29, 0.717) is 19.8 Å². The van der Waals surface area contributed by atoms with Gasteiger partial charge in [0.1, 0.15) is 18.1 Å². The van der Waals surface area contributed by atoms with Gasteiger partial charge in [0.25, 0.3) is 0 Å². The Hall–Kier alpha value is -1.97. The van der Waals surface area contributed by atoms with Crippen molar-refractivity contribution in [2.45, 2.75) is 26.7 Å². The minimum atomic E-state index is -0.331. The summed E-state index contributed by atoms with van der Waals surface area (Å²) in [7, 11) is 0. The van der Waals surface area contributed by atoms with E-state index in [1.165, 1.54) is 6.08 Å². The number of hydrogen-bond acceptors (Lipinski definition) is 4. The third-order valence-corrected chi connectivity index (χ3v) is 3.03. The van der Waals surface area contributed by atoms with E-state index in [1.54, 1.807) is 6.92 Å². The van der Waals surface area contributed by atoms with Crippen LogP contribution in [0.4, 0.5) is 0 Å². The predicted octanol–water partition coefficient (Wildman–Crippen LogP) is 3.20. The van der Waals surface area contributed by atoms with Gasteiger partial charge in [-0.15, -0.1) is 0 Å². The van der Waals surface area contributed by atoms with Crippen molar-refractivity contribution in [1.82, 2.24) is 0 Å². The molecule has 1 heterocycles. The Morgan fingerprint density at radius 1 is 1.40 bits per heavy atom. The topological polar surface area (TPSA) is 44.8 Å². The van der Waals surface area contributed by atoms with Crippen molar-refractivity contribution in [1.29, 1.82) is 0 Å². The van der Waals surface area contributed by atoms with Crippen LogP contribution in [0.15, 0.2) is 24.3 Å². The Labute approximate surface area is 119 Å². The van der Waals surface area contributed by atoms with Gasteiger partial charge in [-0.3, -0.25) is 0 Å². The fraction of sp³-hybridized carbons (Fsp3) is 0.438. The number of benzene rings is 1. The normalized spacial score (nSPS) is 14.8. The zero-order valence-electron chi connectivity index (χ0n) is 12.0. The SMILES string of the molecule is CCCCOc1ccc2c(c1)OC/C2=C\C(=O)OCC. The predicted molar refractivity (Wildman–Crippen MR) is 77.0 cm³/mol. The minimum absolute atomic E-state index is 0.331. The van der Waals surface area contributed by atoms with Crippen LogP contribution in [0.3, 0.4) is 0 Å². The van der Waals surface area contributed by atoms with Gasteiger partial charge >= 0.3 is 5.97 Å². The highest BCUT2D eigenvalue weighted by molar-refractivity contribution is 5.93. The summed E-state index contributed by atoms with van der Waals surface area (Å²) in [4.78, 5) is 11.5. The molecule has 0 bridgehead atoms. The van der Waals surface area contributed by atoms with Crippen LogP contribution in [0.2, 0.25) is 0 Å². The van der Waals surface area contributed by atoms with Gasteiger partial charge in [-0.05, 0) is 25.5 Å². The van der Waals surface area contributed by atoms with Crippen LogP contribution in [-0.2, 0) is 9.53 Å². The molecule has 1 aliphatic rings. The molecule has 1 aromatic rings. The minimum Gasteiger partial charge on any atom is -0.493 e. The molecule has 0 radical (unpaired) electrons. The van der Waals surface area contributed by atoms with Gasteiger partial charge in [-0.25, -0.2) is 4.79 Å². The first-order valence-electron chi connectivity index (χ1n) is 7.02. The Balaban J connectivity index is 2.08. The molecule has 0 aromatic heterocycles. The highest BCUT2D eigenvalue weighted by atomic mass is 16.5. The molecule has 0 atom stereocenters. The number of rotatable bonds is 6. The average molecular weight is 276 g/mol. The average Bonchev–Trinajstić information content (AvgIpc) is 2.82. The van der Waals surface area contributed by atoms with Crippen molar-refractivity contribution in [2.75, 3.05) is 19.8 Å². The van der Waals surface area contributed by atoms with Crippen LogP contribution in [-0.4, -0.2) is 25.8 Å². The van der Waals surface area contributed by atoms with Gasteiger partial charge in [0.05, 0.1) is 13.2 Å². The van der Waals surface area contributed by atoms with Crippen LogP contribution < -0.4 is 9.47 Å². The smallest absolute Gasteiger partial charge is 0.331 e. The molecule has 0 saturated heterocycles. The number of hydrogen-bond donors (Lipinski definition) is 0. The van der Waals surface area contributed by atoms with Gasteiger partial charge < -0.3 is 14.2 Å². The number of fused-ring (bicyclic) bond motifs is 1. The molecule has 0 unspecified atom stereocenters. The van der Waals surface area contributed by atoms with E-state index in [4.69, 9.17) is 14.2 Å². The molecule has 0 saturated carbocycles. The summed E-state index contributed by atoms with van der Waals surface area (Å²) in [6, 6.07) is 5.70. The van der Waals surface area contributed by atoms with Crippen LogP contribution in [0, 0.1) is 0 Å². The maximum Gasteiger partial charge on any atom is 0.331 e. The van der Waals surface area contributed by atoms with Gasteiger partial charge in [0.2, 0.25) is 0 Å². The van der Waals surface area contributed by atoms with E-state index in [2.05, 4.69) is 6.92 Å². The Kier molecular flexibility index (Phi) is 5.04. The summed E-state index contributed by atoms with van der Waals surface area (Å²) in [6.45, 7) is 5.39. The molecule has 20 heavy (non-hydrogen) atoms. The van der Waals surface area contributed by atoms with Crippen LogP contribution in [0.1, 0.15) is 32.3 Å². The van der Waals surface area contributed by atoms with Gasteiger partial charge in [0.15, 0.2) is 0 Å². The number of ether oxygens (including phenoxy) is 3. The third kappa shape index (κ3) is 3.53. The Bertz CT molecular complexity index is 505. The second-order valence-electron chi connectivity index (χ2n) is 4.57. The molecule has 1 aliphatic heterocycles. The lowest BCUT2D eigenvalue weighted by Crippen LogP contribution is -2.01. The summed E-state index contributed by atoms with van der Waals surface area (Å²) in [5.74, 6) is 1.23.